The van der Waals surface area contributed by atoms with Gasteiger partial charge in [0.2, 0.25) is 0 Å². The van der Waals surface area contributed by atoms with Crippen molar-refractivity contribution >= 4 is 5.97 Å². The van der Waals surface area contributed by atoms with Gasteiger partial charge in [-0.2, -0.15) is 5.26 Å². The summed E-state index contributed by atoms with van der Waals surface area (Å²) in [7, 11) is 1.25. The van der Waals surface area contributed by atoms with Crippen LogP contribution in [0.25, 0.3) is 11.1 Å². The first kappa shape index (κ1) is 13.9. The molecule has 0 aromatic heterocycles. The van der Waals surface area contributed by atoms with Gasteiger partial charge in [-0.3, -0.25) is 0 Å². The van der Waals surface area contributed by atoms with E-state index in [1.54, 1.807) is 6.07 Å². The third kappa shape index (κ3) is 2.08. The summed E-state index contributed by atoms with van der Waals surface area (Å²) in [4.78, 5) is 11.9. The number of methoxy groups -OCH3 is 1. The monoisotopic (exact) mass is 269 g/mol. The Morgan fingerprint density at radius 1 is 1.35 bits per heavy atom. The number of carbonyl (C=O) groups is 1. The summed E-state index contributed by atoms with van der Waals surface area (Å²) in [5.41, 5.74) is 2.26. The summed E-state index contributed by atoms with van der Waals surface area (Å²) in [6.07, 6.45) is 0. The maximum Gasteiger partial charge on any atom is 0.342 e. The minimum Gasteiger partial charge on any atom is -0.506 e. The topological polar surface area (TPSA) is 70.3 Å². The molecule has 0 aromatic carbocycles. The van der Waals surface area contributed by atoms with Crippen molar-refractivity contribution in [2.45, 2.75) is 19.8 Å². The van der Waals surface area contributed by atoms with Gasteiger partial charge in [0, 0.05) is 11.1 Å². The van der Waals surface area contributed by atoms with Crippen molar-refractivity contribution in [2.75, 3.05) is 7.11 Å². The third-order valence-electron chi connectivity index (χ3n) is 3.33. The maximum absolute atomic E-state index is 11.9. The van der Waals surface area contributed by atoms with E-state index in [0.29, 0.717) is 11.1 Å². The average Bonchev–Trinajstić information content (AvgIpc) is 2.57. The van der Waals surface area contributed by atoms with Gasteiger partial charge in [0.25, 0.3) is 0 Å². The Bertz CT molecular complexity index is 683. The molecular weight excluding hydrogens is 254 g/mol. The van der Waals surface area contributed by atoms with Crippen LogP contribution >= 0.6 is 0 Å². The van der Waals surface area contributed by atoms with Crippen LogP contribution in [0.1, 0.15) is 41.3 Å². The highest BCUT2D eigenvalue weighted by Crippen LogP contribution is 2.41. The molecule has 0 amide bonds. The summed E-state index contributed by atoms with van der Waals surface area (Å²) < 4.78 is 4.71. The van der Waals surface area contributed by atoms with Gasteiger partial charge in [-0.1, -0.05) is 32.0 Å². The van der Waals surface area contributed by atoms with Crippen LogP contribution in [-0.4, -0.2) is 18.2 Å². The Balaban J connectivity index is 2.85. The van der Waals surface area contributed by atoms with E-state index in [1.165, 1.54) is 7.11 Å². The number of hydrogen-bond donors (Lipinski definition) is 1. The molecule has 0 atom stereocenters. The molecule has 0 aliphatic heterocycles. The fourth-order valence-corrected chi connectivity index (χ4v) is 2.22. The van der Waals surface area contributed by atoms with E-state index in [2.05, 4.69) is 0 Å². The molecule has 0 spiro atoms. The van der Waals surface area contributed by atoms with Crippen LogP contribution in [0.4, 0.5) is 0 Å². The SMILES string of the molecule is COC(=O)c1c2cc(C(C)C)cccc-2c(C#N)c1O. The average molecular weight is 269 g/mol. The standard InChI is InChI=1S/C16H15NO3/c1-9(2)10-5-4-6-11-12(7-10)14(16(19)20-3)15(18)13(11)8-17/h4-7,9,18H,1-3H3. The van der Waals surface area contributed by atoms with Crippen molar-refractivity contribution < 1.29 is 14.6 Å². The molecule has 102 valence electrons. The van der Waals surface area contributed by atoms with Crippen LogP contribution in [0.2, 0.25) is 0 Å². The van der Waals surface area contributed by atoms with E-state index < -0.39 is 5.97 Å². The number of hydrogen-bond acceptors (Lipinski definition) is 4. The zero-order chi connectivity index (χ0) is 14.9. The lowest BCUT2D eigenvalue weighted by atomic mass is 10.0. The summed E-state index contributed by atoms with van der Waals surface area (Å²) >= 11 is 0. The molecule has 0 saturated carbocycles. The molecule has 0 fully saturated rings. The number of carbonyl (C=O) groups excluding carboxylic acids is 1. The van der Waals surface area contributed by atoms with Crippen LogP contribution in [0.15, 0.2) is 24.3 Å². The van der Waals surface area contributed by atoms with Gasteiger partial charge in [0.05, 0.1) is 7.11 Å². The van der Waals surface area contributed by atoms with E-state index in [4.69, 9.17) is 4.74 Å². The summed E-state index contributed by atoms with van der Waals surface area (Å²) in [5, 5.41) is 19.3. The molecule has 4 nitrogen and oxygen atoms in total. The molecule has 2 aliphatic rings. The summed E-state index contributed by atoms with van der Waals surface area (Å²) in [6, 6.07) is 9.25. The van der Waals surface area contributed by atoms with Crippen molar-refractivity contribution in [3.8, 4) is 22.9 Å². The van der Waals surface area contributed by atoms with E-state index in [9.17, 15) is 15.2 Å². The lowest BCUT2D eigenvalue weighted by Crippen LogP contribution is -2.01. The van der Waals surface area contributed by atoms with Gasteiger partial charge in [0.1, 0.15) is 22.9 Å². The molecular formula is C16H15NO3. The molecule has 0 radical (unpaired) electrons. The highest BCUT2D eigenvalue weighted by molar-refractivity contribution is 6.04. The van der Waals surface area contributed by atoms with Gasteiger partial charge in [-0.05, 0) is 17.5 Å². The number of fused-ring (bicyclic) bond motifs is 1. The number of esters is 1. The Kier molecular flexibility index (Phi) is 3.62. The number of nitriles is 1. The molecule has 4 heteroatoms. The minimum absolute atomic E-state index is 0.0529. The van der Waals surface area contributed by atoms with Crippen LogP contribution in [-0.2, 0) is 4.74 Å². The fourth-order valence-electron chi connectivity index (χ4n) is 2.22. The molecule has 0 heterocycles. The minimum atomic E-state index is -0.644. The lowest BCUT2D eigenvalue weighted by Gasteiger charge is -2.04. The van der Waals surface area contributed by atoms with E-state index >= 15 is 0 Å². The van der Waals surface area contributed by atoms with E-state index in [0.717, 1.165) is 5.56 Å². The molecule has 0 saturated heterocycles. The Hall–Kier alpha value is -2.54. The second-order valence-electron chi connectivity index (χ2n) is 4.85. The molecule has 0 aromatic rings. The lowest BCUT2D eigenvalue weighted by molar-refractivity contribution is 0.0599. The van der Waals surface area contributed by atoms with Crippen molar-refractivity contribution in [2.24, 2.45) is 0 Å². The van der Waals surface area contributed by atoms with Gasteiger partial charge >= 0.3 is 5.97 Å². The molecule has 0 unspecified atom stereocenters. The molecule has 2 rings (SSSR count). The van der Waals surface area contributed by atoms with Crippen LogP contribution in [0.5, 0.6) is 5.75 Å². The molecule has 0 bridgehead atoms. The van der Waals surface area contributed by atoms with Crippen molar-refractivity contribution in [3.05, 3.63) is 41.0 Å². The van der Waals surface area contributed by atoms with E-state index in [1.807, 2.05) is 38.1 Å². The summed E-state index contributed by atoms with van der Waals surface area (Å²) in [6.45, 7) is 4.07. The molecule has 20 heavy (non-hydrogen) atoms. The number of ether oxygens (including phenoxy) is 1. The number of nitrogens with zero attached hydrogens (tertiary/aromatic N) is 1. The van der Waals surface area contributed by atoms with Crippen molar-refractivity contribution in [1.82, 2.24) is 0 Å². The van der Waals surface area contributed by atoms with Crippen LogP contribution in [0.3, 0.4) is 0 Å². The van der Waals surface area contributed by atoms with Crippen LogP contribution in [0, 0.1) is 11.3 Å². The van der Waals surface area contributed by atoms with Gasteiger partial charge in [-0.25, -0.2) is 4.79 Å². The highest BCUT2D eigenvalue weighted by Gasteiger charge is 2.28. The zero-order valence-electron chi connectivity index (χ0n) is 11.6. The predicted octanol–water partition coefficient (Wildman–Crippen LogP) is 3.28. The summed E-state index contributed by atoms with van der Waals surface area (Å²) in [5.74, 6) is -0.691. The van der Waals surface area contributed by atoms with Crippen LogP contribution < -0.4 is 0 Å². The highest BCUT2D eigenvalue weighted by atomic mass is 16.5. The second kappa shape index (κ2) is 5.22. The third-order valence-corrected chi connectivity index (χ3v) is 3.33. The normalized spacial score (nSPS) is 10.6. The largest absolute Gasteiger partial charge is 0.506 e. The molecule has 1 N–H and O–H groups in total. The van der Waals surface area contributed by atoms with Gasteiger partial charge < -0.3 is 9.84 Å². The van der Waals surface area contributed by atoms with Crippen molar-refractivity contribution in [3.63, 3.8) is 0 Å². The van der Waals surface area contributed by atoms with Gasteiger partial charge in [0.15, 0.2) is 0 Å². The zero-order valence-corrected chi connectivity index (χ0v) is 11.6. The smallest absolute Gasteiger partial charge is 0.342 e. The Morgan fingerprint density at radius 3 is 2.60 bits per heavy atom. The van der Waals surface area contributed by atoms with Gasteiger partial charge in [-0.15, -0.1) is 0 Å². The first-order valence-electron chi connectivity index (χ1n) is 6.28. The second-order valence-corrected chi connectivity index (χ2v) is 4.85. The number of aromatic hydroxyl groups is 1. The molecule has 2 aliphatic carbocycles. The maximum atomic E-state index is 11.9. The Morgan fingerprint density at radius 2 is 2.05 bits per heavy atom. The van der Waals surface area contributed by atoms with Crippen molar-refractivity contribution in [1.29, 1.82) is 5.26 Å². The predicted molar refractivity (Wildman–Crippen MR) is 74.9 cm³/mol. The first-order chi connectivity index (χ1) is 9.51. The first-order valence-corrected chi connectivity index (χ1v) is 6.28. The quantitative estimate of drug-likeness (QED) is 0.849. The fraction of sp³-hybridized carbons (Fsp3) is 0.250. The Labute approximate surface area is 117 Å². The van der Waals surface area contributed by atoms with E-state index in [-0.39, 0.29) is 22.8 Å². The number of rotatable bonds is 2.